The average molecular weight is 292 g/mol. The topological polar surface area (TPSA) is 91.2 Å². The lowest BCUT2D eigenvalue weighted by Crippen LogP contribution is -2.13. The van der Waals surface area contributed by atoms with Crippen LogP contribution in [0.5, 0.6) is 11.6 Å². The number of aromatic nitrogens is 1. The van der Waals surface area contributed by atoms with Crippen LogP contribution in [0.1, 0.15) is 21.5 Å². The van der Waals surface area contributed by atoms with Crippen LogP contribution in [0.15, 0.2) is 24.4 Å². The number of halogens is 1. The first-order chi connectivity index (χ1) is 9.38. The lowest BCUT2D eigenvalue weighted by Gasteiger charge is -2.11. The second-order valence-electron chi connectivity index (χ2n) is 4.46. The predicted molar refractivity (Wildman–Crippen MR) is 78.2 cm³/mol. The summed E-state index contributed by atoms with van der Waals surface area (Å²) in [5.41, 5.74) is 13.1. The van der Waals surface area contributed by atoms with E-state index in [0.29, 0.717) is 16.5 Å². The monoisotopic (exact) mass is 291 g/mol. The van der Waals surface area contributed by atoms with Gasteiger partial charge in [-0.15, -0.1) is 0 Å². The summed E-state index contributed by atoms with van der Waals surface area (Å²) in [7, 11) is 0. The quantitative estimate of drug-likeness (QED) is 0.909. The molecule has 0 radical (unpaired) electrons. The maximum atomic E-state index is 11.4. The molecule has 0 aliphatic carbocycles. The molecule has 0 aliphatic heterocycles. The number of nitrogen functional groups attached to an aromatic ring is 1. The number of pyridine rings is 1. The van der Waals surface area contributed by atoms with Gasteiger partial charge in [-0.1, -0.05) is 11.6 Å². The van der Waals surface area contributed by atoms with Crippen LogP contribution >= 0.6 is 11.6 Å². The molecule has 0 saturated heterocycles. The molecule has 1 amide bonds. The summed E-state index contributed by atoms with van der Waals surface area (Å²) >= 11 is 6.09. The van der Waals surface area contributed by atoms with Gasteiger partial charge in [0, 0.05) is 5.02 Å². The summed E-state index contributed by atoms with van der Waals surface area (Å²) in [4.78, 5) is 15.4. The first-order valence-electron chi connectivity index (χ1n) is 5.88. The molecule has 0 aliphatic rings. The van der Waals surface area contributed by atoms with Crippen molar-refractivity contribution in [3.63, 3.8) is 0 Å². The molecule has 20 heavy (non-hydrogen) atoms. The maximum absolute atomic E-state index is 11.4. The smallest absolute Gasteiger partial charge is 0.254 e. The van der Waals surface area contributed by atoms with Crippen LogP contribution in [0.3, 0.4) is 0 Å². The molecule has 2 rings (SSSR count). The minimum absolute atomic E-state index is 0.118. The van der Waals surface area contributed by atoms with E-state index < -0.39 is 5.91 Å². The summed E-state index contributed by atoms with van der Waals surface area (Å²) in [6.07, 6.45) is 1.40. The number of carbonyl (C=O) groups excluding carboxylic acids is 1. The third kappa shape index (κ3) is 2.83. The highest BCUT2D eigenvalue weighted by Gasteiger charge is 2.13. The molecular formula is C14H14ClN3O2. The van der Waals surface area contributed by atoms with E-state index in [2.05, 4.69) is 4.98 Å². The number of hydrogen-bond acceptors (Lipinski definition) is 4. The summed E-state index contributed by atoms with van der Waals surface area (Å²) in [6, 6.07) is 4.95. The molecular weight excluding hydrogens is 278 g/mol. The molecule has 0 unspecified atom stereocenters. The molecule has 0 bridgehead atoms. The number of carbonyl (C=O) groups is 1. The average Bonchev–Trinajstić information content (AvgIpc) is 2.37. The van der Waals surface area contributed by atoms with Gasteiger partial charge in [0.15, 0.2) is 0 Å². The number of rotatable bonds is 3. The Labute approximate surface area is 121 Å². The van der Waals surface area contributed by atoms with Crippen molar-refractivity contribution in [2.24, 2.45) is 5.73 Å². The van der Waals surface area contributed by atoms with Crippen molar-refractivity contribution < 1.29 is 9.53 Å². The van der Waals surface area contributed by atoms with E-state index in [1.165, 1.54) is 12.3 Å². The minimum atomic E-state index is -0.651. The summed E-state index contributed by atoms with van der Waals surface area (Å²) in [5.74, 6) is -0.000740. The van der Waals surface area contributed by atoms with Gasteiger partial charge in [0.05, 0.1) is 11.9 Å². The van der Waals surface area contributed by atoms with E-state index in [0.717, 1.165) is 11.1 Å². The van der Waals surface area contributed by atoms with E-state index in [9.17, 15) is 4.79 Å². The molecule has 0 saturated carbocycles. The summed E-state index contributed by atoms with van der Waals surface area (Å²) < 4.78 is 5.62. The van der Waals surface area contributed by atoms with Crippen molar-refractivity contribution in [2.45, 2.75) is 13.8 Å². The molecule has 1 heterocycles. The van der Waals surface area contributed by atoms with Crippen LogP contribution in [0.2, 0.25) is 5.02 Å². The highest BCUT2D eigenvalue weighted by molar-refractivity contribution is 6.32. The highest BCUT2D eigenvalue weighted by atomic mass is 35.5. The number of amides is 1. The Kier molecular flexibility index (Phi) is 3.81. The number of aryl methyl sites for hydroxylation is 2. The summed E-state index contributed by atoms with van der Waals surface area (Å²) in [5, 5.41) is 0.678. The van der Waals surface area contributed by atoms with E-state index in [1.807, 2.05) is 13.8 Å². The van der Waals surface area contributed by atoms with Crippen molar-refractivity contribution in [1.82, 2.24) is 4.98 Å². The zero-order chi connectivity index (χ0) is 14.9. The molecule has 0 spiro atoms. The zero-order valence-corrected chi connectivity index (χ0v) is 11.9. The van der Waals surface area contributed by atoms with E-state index >= 15 is 0 Å². The lowest BCUT2D eigenvalue weighted by atomic mass is 10.1. The van der Waals surface area contributed by atoms with Crippen LogP contribution in [-0.4, -0.2) is 10.9 Å². The Morgan fingerprint density at radius 1 is 1.25 bits per heavy atom. The van der Waals surface area contributed by atoms with E-state index in [4.69, 9.17) is 27.8 Å². The van der Waals surface area contributed by atoms with E-state index in [1.54, 1.807) is 12.1 Å². The predicted octanol–water partition coefficient (Wildman–Crippen LogP) is 2.83. The Hall–Kier alpha value is -2.27. The number of primary amides is 1. The van der Waals surface area contributed by atoms with Gasteiger partial charge in [-0.05, 0) is 43.2 Å². The van der Waals surface area contributed by atoms with Crippen molar-refractivity contribution in [3.05, 3.63) is 46.1 Å². The largest absolute Gasteiger partial charge is 0.438 e. The van der Waals surface area contributed by atoms with Gasteiger partial charge in [-0.3, -0.25) is 4.79 Å². The number of anilines is 1. The fourth-order valence-corrected chi connectivity index (χ4v) is 1.91. The molecule has 5 nitrogen and oxygen atoms in total. The van der Waals surface area contributed by atoms with Gasteiger partial charge in [0.2, 0.25) is 5.88 Å². The fourth-order valence-electron chi connectivity index (χ4n) is 1.80. The molecule has 104 valence electrons. The molecule has 0 atom stereocenters. The Morgan fingerprint density at radius 2 is 1.85 bits per heavy atom. The van der Waals surface area contributed by atoms with Crippen LogP contribution in [0, 0.1) is 13.8 Å². The van der Waals surface area contributed by atoms with Crippen molar-refractivity contribution >= 4 is 23.2 Å². The SMILES string of the molecule is Cc1cc(Oc2ncc(N)cc2C(N)=O)cc(C)c1Cl. The van der Waals surface area contributed by atoms with Gasteiger partial charge in [0.1, 0.15) is 11.3 Å². The molecule has 1 aromatic carbocycles. The molecule has 6 heteroatoms. The lowest BCUT2D eigenvalue weighted by molar-refractivity contribution is 0.0997. The van der Waals surface area contributed by atoms with Gasteiger partial charge in [-0.25, -0.2) is 4.98 Å². The fraction of sp³-hybridized carbons (Fsp3) is 0.143. The standard InChI is InChI=1S/C14H14ClN3O2/c1-7-3-10(4-8(2)12(7)15)20-14-11(13(17)19)5-9(16)6-18-14/h3-6H,16H2,1-2H3,(H2,17,19). The second-order valence-corrected chi connectivity index (χ2v) is 4.84. The maximum Gasteiger partial charge on any atom is 0.254 e. The van der Waals surface area contributed by atoms with Gasteiger partial charge < -0.3 is 16.2 Å². The molecule has 4 N–H and O–H groups in total. The summed E-state index contributed by atoms with van der Waals surface area (Å²) in [6.45, 7) is 3.74. The van der Waals surface area contributed by atoms with Gasteiger partial charge >= 0.3 is 0 Å². The number of hydrogen-bond donors (Lipinski definition) is 2. The first-order valence-corrected chi connectivity index (χ1v) is 6.26. The highest BCUT2D eigenvalue weighted by Crippen LogP contribution is 2.30. The third-order valence-electron chi connectivity index (χ3n) is 2.76. The molecule has 0 fully saturated rings. The van der Waals surface area contributed by atoms with Crippen LogP contribution < -0.4 is 16.2 Å². The van der Waals surface area contributed by atoms with Gasteiger partial charge in [0.25, 0.3) is 5.91 Å². The molecule has 1 aromatic heterocycles. The van der Waals surface area contributed by atoms with Gasteiger partial charge in [-0.2, -0.15) is 0 Å². The van der Waals surface area contributed by atoms with Crippen LogP contribution in [-0.2, 0) is 0 Å². The van der Waals surface area contributed by atoms with Crippen molar-refractivity contribution in [3.8, 4) is 11.6 Å². The number of benzene rings is 1. The number of ether oxygens (including phenoxy) is 1. The Bertz CT molecular complexity index is 663. The van der Waals surface area contributed by atoms with E-state index in [-0.39, 0.29) is 11.4 Å². The Morgan fingerprint density at radius 3 is 2.40 bits per heavy atom. The number of nitrogens with two attached hydrogens (primary N) is 2. The minimum Gasteiger partial charge on any atom is -0.438 e. The second kappa shape index (κ2) is 5.38. The zero-order valence-electron chi connectivity index (χ0n) is 11.1. The molecule has 2 aromatic rings. The normalized spacial score (nSPS) is 10.3. The first kappa shape index (κ1) is 14.1. The van der Waals surface area contributed by atoms with Crippen molar-refractivity contribution in [2.75, 3.05) is 5.73 Å². The van der Waals surface area contributed by atoms with Crippen LogP contribution in [0.4, 0.5) is 5.69 Å². The Balaban J connectivity index is 2.42. The van der Waals surface area contributed by atoms with Crippen molar-refractivity contribution in [1.29, 1.82) is 0 Å². The van der Waals surface area contributed by atoms with Crippen LogP contribution in [0.25, 0.3) is 0 Å². The number of nitrogens with zero attached hydrogens (tertiary/aromatic N) is 1. The third-order valence-corrected chi connectivity index (χ3v) is 3.36.